The van der Waals surface area contributed by atoms with Crippen LogP contribution in [0.15, 0.2) is 0 Å². The minimum atomic E-state index is -3.66. The molecule has 0 spiro atoms. The fraction of sp³-hybridized carbons (Fsp3) is 1.00. The van der Waals surface area contributed by atoms with E-state index in [1.54, 1.807) is 0 Å². The SMILES string of the molecule is NC(CCO)CS(=O)(=O)OCCO. The molecule has 0 rings (SSSR count). The standard InChI is InChI=1S/C6H15NO5S/c7-6(1-2-8)5-13(10,11)12-4-3-9/h6,8-9H,1-5,7H2. The fourth-order valence-electron chi connectivity index (χ4n) is 0.724. The molecule has 0 fully saturated rings. The minimum Gasteiger partial charge on any atom is -0.396 e. The zero-order valence-corrected chi connectivity index (χ0v) is 8.03. The number of hydrogen-bond donors (Lipinski definition) is 3. The normalized spacial score (nSPS) is 14.4. The predicted octanol–water partition coefficient (Wildman–Crippen LogP) is -1.97. The van der Waals surface area contributed by atoms with Gasteiger partial charge in [0.15, 0.2) is 0 Å². The molecule has 0 aliphatic heterocycles. The predicted molar refractivity (Wildman–Crippen MR) is 46.5 cm³/mol. The first-order valence-corrected chi connectivity index (χ1v) is 5.44. The Morgan fingerprint density at radius 2 is 1.92 bits per heavy atom. The number of aliphatic hydroxyl groups is 2. The van der Waals surface area contributed by atoms with Gasteiger partial charge < -0.3 is 15.9 Å². The molecule has 0 bridgehead atoms. The number of aliphatic hydroxyl groups excluding tert-OH is 2. The van der Waals surface area contributed by atoms with Gasteiger partial charge in [-0.3, -0.25) is 4.18 Å². The lowest BCUT2D eigenvalue weighted by Crippen LogP contribution is -2.31. The third-order valence-electron chi connectivity index (χ3n) is 1.27. The summed E-state index contributed by atoms with van der Waals surface area (Å²) in [5.74, 6) is -0.340. The van der Waals surface area contributed by atoms with Gasteiger partial charge in [-0.1, -0.05) is 0 Å². The van der Waals surface area contributed by atoms with Crippen molar-refractivity contribution in [3.05, 3.63) is 0 Å². The van der Waals surface area contributed by atoms with Crippen LogP contribution >= 0.6 is 0 Å². The summed E-state index contributed by atoms with van der Waals surface area (Å²) >= 11 is 0. The molecule has 13 heavy (non-hydrogen) atoms. The molecule has 1 atom stereocenters. The number of nitrogens with two attached hydrogens (primary N) is 1. The Hall–Kier alpha value is -0.210. The van der Waals surface area contributed by atoms with Crippen LogP contribution in [0.3, 0.4) is 0 Å². The highest BCUT2D eigenvalue weighted by Crippen LogP contribution is 1.98. The van der Waals surface area contributed by atoms with E-state index in [1.807, 2.05) is 0 Å². The van der Waals surface area contributed by atoms with Crippen molar-refractivity contribution in [3.63, 3.8) is 0 Å². The highest BCUT2D eigenvalue weighted by Gasteiger charge is 2.15. The van der Waals surface area contributed by atoms with E-state index in [2.05, 4.69) is 4.18 Å². The van der Waals surface area contributed by atoms with Gasteiger partial charge in [-0.25, -0.2) is 0 Å². The summed E-state index contributed by atoms with van der Waals surface area (Å²) < 4.78 is 26.3. The topological polar surface area (TPSA) is 110 Å². The first kappa shape index (κ1) is 12.8. The van der Waals surface area contributed by atoms with Crippen LogP contribution in [0.25, 0.3) is 0 Å². The summed E-state index contributed by atoms with van der Waals surface area (Å²) in [6, 6.07) is -0.631. The zero-order chi connectivity index (χ0) is 10.3. The molecule has 0 saturated carbocycles. The summed E-state index contributed by atoms with van der Waals surface area (Å²) in [4.78, 5) is 0. The van der Waals surface area contributed by atoms with E-state index in [0.717, 1.165) is 0 Å². The maximum atomic E-state index is 11.0. The van der Waals surface area contributed by atoms with Crippen LogP contribution in [0.1, 0.15) is 6.42 Å². The number of rotatable bonds is 7. The van der Waals surface area contributed by atoms with Crippen LogP contribution in [-0.2, 0) is 14.3 Å². The minimum absolute atomic E-state index is 0.156. The van der Waals surface area contributed by atoms with Gasteiger partial charge in [-0.05, 0) is 6.42 Å². The van der Waals surface area contributed by atoms with Crippen molar-refractivity contribution >= 4 is 10.1 Å². The van der Waals surface area contributed by atoms with Gasteiger partial charge >= 0.3 is 0 Å². The smallest absolute Gasteiger partial charge is 0.268 e. The van der Waals surface area contributed by atoms with Gasteiger partial charge in [0.2, 0.25) is 0 Å². The quantitative estimate of drug-likeness (QED) is 0.423. The summed E-state index contributed by atoms with van der Waals surface area (Å²) in [6.07, 6.45) is 0.210. The Balaban J connectivity index is 3.87. The Bertz CT molecular complexity index is 215. The van der Waals surface area contributed by atoms with Gasteiger partial charge in [-0.2, -0.15) is 8.42 Å². The molecule has 7 heteroatoms. The van der Waals surface area contributed by atoms with Crippen molar-refractivity contribution in [2.45, 2.75) is 12.5 Å². The van der Waals surface area contributed by atoms with E-state index in [0.29, 0.717) is 0 Å². The molecule has 0 amide bonds. The van der Waals surface area contributed by atoms with Crippen LogP contribution in [0.5, 0.6) is 0 Å². The average molecular weight is 213 g/mol. The van der Waals surface area contributed by atoms with Crippen molar-refractivity contribution in [2.24, 2.45) is 5.73 Å². The van der Waals surface area contributed by atoms with Crippen LogP contribution in [0.4, 0.5) is 0 Å². The average Bonchev–Trinajstić information content (AvgIpc) is 2.00. The van der Waals surface area contributed by atoms with Crippen molar-refractivity contribution in [1.29, 1.82) is 0 Å². The zero-order valence-electron chi connectivity index (χ0n) is 7.22. The first-order chi connectivity index (χ1) is 6.02. The molecular formula is C6H15NO5S. The second-order valence-corrected chi connectivity index (χ2v) is 4.23. The van der Waals surface area contributed by atoms with Crippen molar-refractivity contribution in [3.8, 4) is 0 Å². The molecule has 0 aromatic rings. The summed E-state index contributed by atoms with van der Waals surface area (Å²) in [5, 5.41) is 16.8. The monoisotopic (exact) mass is 213 g/mol. The number of hydrogen-bond acceptors (Lipinski definition) is 6. The molecule has 4 N–H and O–H groups in total. The summed E-state index contributed by atoms with van der Waals surface area (Å²) in [6.45, 7) is -0.765. The fourth-order valence-corrected chi connectivity index (χ4v) is 1.84. The van der Waals surface area contributed by atoms with Gasteiger partial charge in [0.05, 0.1) is 19.0 Å². The highest BCUT2D eigenvalue weighted by molar-refractivity contribution is 7.86. The lowest BCUT2D eigenvalue weighted by Gasteiger charge is -2.09. The van der Waals surface area contributed by atoms with Gasteiger partial charge in [0.1, 0.15) is 0 Å². The van der Waals surface area contributed by atoms with Crippen LogP contribution in [0, 0.1) is 0 Å². The van der Waals surface area contributed by atoms with Gasteiger partial charge in [0.25, 0.3) is 10.1 Å². The van der Waals surface area contributed by atoms with Crippen LogP contribution in [0.2, 0.25) is 0 Å². The van der Waals surface area contributed by atoms with Crippen LogP contribution < -0.4 is 5.73 Å². The largest absolute Gasteiger partial charge is 0.396 e. The molecule has 0 aromatic carbocycles. The summed E-state index contributed by atoms with van der Waals surface area (Å²) in [7, 11) is -3.66. The molecule has 0 aliphatic rings. The maximum Gasteiger partial charge on any atom is 0.268 e. The molecule has 6 nitrogen and oxygen atoms in total. The van der Waals surface area contributed by atoms with Crippen molar-refractivity contribution in [1.82, 2.24) is 0 Å². The Kier molecular flexibility index (Phi) is 6.17. The van der Waals surface area contributed by atoms with Gasteiger partial charge in [-0.15, -0.1) is 0 Å². The maximum absolute atomic E-state index is 11.0. The lowest BCUT2D eigenvalue weighted by molar-refractivity contribution is 0.204. The third-order valence-corrected chi connectivity index (χ3v) is 2.63. The van der Waals surface area contributed by atoms with E-state index in [-0.39, 0.29) is 32.0 Å². The van der Waals surface area contributed by atoms with E-state index in [1.165, 1.54) is 0 Å². The Morgan fingerprint density at radius 3 is 2.38 bits per heavy atom. The second-order valence-electron chi connectivity index (χ2n) is 2.54. The molecule has 0 aromatic heterocycles. The Labute approximate surface area is 77.4 Å². The van der Waals surface area contributed by atoms with Crippen LogP contribution in [-0.4, -0.2) is 50.2 Å². The highest BCUT2D eigenvalue weighted by atomic mass is 32.2. The van der Waals surface area contributed by atoms with Gasteiger partial charge in [0, 0.05) is 12.6 Å². The van der Waals surface area contributed by atoms with E-state index < -0.39 is 16.2 Å². The summed E-state index contributed by atoms with van der Waals surface area (Å²) in [5.41, 5.74) is 5.36. The molecule has 0 radical (unpaired) electrons. The van der Waals surface area contributed by atoms with E-state index in [9.17, 15) is 8.42 Å². The molecular weight excluding hydrogens is 198 g/mol. The molecule has 80 valence electrons. The third kappa shape index (κ3) is 6.91. The van der Waals surface area contributed by atoms with E-state index >= 15 is 0 Å². The first-order valence-electron chi connectivity index (χ1n) is 3.86. The van der Waals surface area contributed by atoms with Crippen molar-refractivity contribution in [2.75, 3.05) is 25.6 Å². The molecule has 0 aliphatic carbocycles. The molecule has 0 saturated heterocycles. The Morgan fingerprint density at radius 1 is 1.31 bits per heavy atom. The van der Waals surface area contributed by atoms with E-state index in [4.69, 9.17) is 15.9 Å². The lowest BCUT2D eigenvalue weighted by atomic mass is 10.3. The molecule has 1 unspecified atom stereocenters. The molecule has 0 heterocycles. The van der Waals surface area contributed by atoms with Crippen molar-refractivity contribution < 1.29 is 22.8 Å². The second kappa shape index (κ2) is 6.28.